The normalized spacial score (nSPS) is 24.0. The summed E-state index contributed by atoms with van der Waals surface area (Å²) < 4.78 is 1.84. The van der Waals surface area contributed by atoms with Gasteiger partial charge in [-0.3, -0.25) is 4.79 Å². The van der Waals surface area contributed by atoms with Crippen LogP contribution in [0.25, 0.3) is 11.0 Å². The number of thiophene rings is 1. The second-order valence-electron chi connectivity index (χ2n) is 8.11. The van der Waals surface area contributed by atoms with Crippen LogP contribution in [0.1, 0.15) is 37.6 Å². The number of carbonyl (C=O) groups is 1. The van der Waals surface area contributed by atoms with Crippen LogP contribution in [-0.4, -0.2) is 55.4 Å². The molecule has 1 aliphatic rings. The van der Waals surface area contributed by atoms with E-state index in [1.54, 1.807) is 11.3 Å². The molecule has 0 saturated heterocycles. The predicted molar refractivity (Wildman–Crippen MR) is 126 cm³/mol. The van der Waals surface area contributed by atoms with E-state index in [1.807, 2.05) is 35.2 Å². The van der Waals surface area contributed by atoms with Crippen LogP contribution in [0.15, 0.2) is 30.0 Å². The number of aliphatic hydroxyl groups is 2. The van der Waals surface area contributed by atoms with E-state index in [0.717, 1.165) is 28.1 Å². The van der Waals surface area contributed by atoms with Crippen LogP contribution in [0.5, 0.6) is 0 Å². The lowest BCUT2D eigenvalue weighted by molar-refractivity contribution is -0.128. The lowest BCUT2D eigenvalue weighted by Crippen LogP contribution is -2.38. The van der Waals surface area contributed by atoms with E-state index in [9.17, 15) is 15.0 Å². The van der Waals surface area contributed by atoms with Crippen LogP contribution >= 0.6 is 22.9 Å². The van der Waals surface area contributed by atoms with Gasteiger partial charge in [-0.05, 0) is 37.3 Å². The van der Waals surface area contributed by atoms with Gasteiger partial charge in [0.15, 0.2) is 0 Å². The molecule has 0 aromatic carbocycles. The standard InChI is InChI=1S/C22H28ClN5O3S/c1-3-12(9-17-15(23)6-8-32-17)27-20-13-5-7-28(21(13)26-11-25-20)16-10-14(18(29)19(16)30)22(31)24-4-2/h5-8,11-12,14,16,18-19,29-30H,3-4,9-10H2,1-2H3,(H,24,31)(H,25,26,27)/t12-,14+,16-,18-,19+/m1/s1. The smallest absolute Gasteiger partial charge is 0.225 e. The highest BCUT2D eigenvalue weighted by Crippen LogP contribution is 2.38. The first-order valence-corrected chi connectivity index (χ1v) is 12.1. The zero-order chi connectivity index (χ0) is 22.8. The first-order valence-electron chi connectivity index (χ1n) is 10.9. The van der Waals surface area contributed by atoms with Crippen molar-refractivity contribution in [2.45, 2.75) is 57.4 Å². The summed E-state index contributed by atoms with van der Waals surface area (Å²) in [5.74, 6) is -0.193. The summed E-state index contributed by atoms with van der Waals surface area (Å²) in [6.07, 6.45) is 3.16. The van der Waals surface area contributed by atoms with E-state index in [0.29, 0.717) is 24.4 Å². The van der Waals surface area contributed by atoms with E-state index in [1.165, 1.54) is 6.33 Å². The molecule has 4 N–H and O–H groups in total. The molecule has 1 saturated carbocycles. The SMILES string of the molecule is CCNC(=O)[C@H]1C[C@@H](n2ccc3c(N[C@H](CC)Cc4sccc4Cl)ncnc32)[C@H](O)[C@@H]1O. The number of rotatable bonds is 8. The van der Waals surface area contributed by atoms with Crippen LogP contribution in [0, 0.1) is 5.92 Å². The summed E-state index contributed by atoms with van der Waals surface area (Å²) in [7, 11) is 0. The number of amides is 1. The fourth-order valence-electron chi connectivity index (χ4n) is 4.39. The van der Waals surface area contributed by atoms with Crippen molar-refractivity contribution >= 4 is 45.7 Å². The summed E-state index contributed by atoms with van der Waals surface area (Å²) in [5, 5.41) is 31.0. The van der Waals surface area contributed by atoms with Gasteiger partial charge in [0, 0.05) is 30.1 Å². The van der Waals surface area contributed by atoms with Crippen molar-refractivity contribution in [3.05, 3.63) is 39.9 Å². The molecule has 0 spiro atoms. The predicted octanol–water partition coefficient (Wildman–Crippen LogP) is 3.00. The molecule has 10 heteroatoms. The van der Waals surface area contributed by atoms with E-state index >= 15 is 0 Å². The van der Waals surface area contributed by atoms with E-state index in [-0.39, 0.29) is 11.9 Å². The first-order chi connectivity index (χ1) is 15.4. The molecular formula is C22H28ClN5O3S. The number of nitrogens with one attached hydrogen (secondary N) is 2. The van der Waals surface area contributed by atoms with Crippen molar-refractivity contribution in [1.82, 2.24) is 19.9 Å². The fraction of sp³-hybridized carbons (Fsp3) is 0.500. The largest absolute Gasteiger partial charge is 0.390 e. The molecule has 0 radical (unpaired) electrons. The molecule has 1 aliphatic carbocycles. The number of anilines is 1. The summed E-state index contributed by atoms with van der Waals surface area (Å²) in [6, 6.07) is 3.51. The van der Waals surface area contributed by atoms with Gasteiger partial charge in [0.2, 0.25) is 5.91 Å². The Morgan fingerprint density at radius 2 is 2.12 bits per heavy atom. The third-order valence-electron chi connectivity index (χ3n) is 6.16. The van der Waals surface area contributed by atoms with Gasteiger partial charge in [0.25, 0.3) is 0 Å². The average molecular weight is 478 g/mol. The minimum Gasteiger partial charge on any atom is -0.390 e. The Hall–Kier alpha value is -2.20. The number of hydrogen-bond donors (Lipinski definition) is 4. The van der Waals surface area contributed by atoms with Crippen LogP contribution < -0.4 is 10.6 Å². The Balaban J connectivity index is 1.58. The molecule has 32 heavy (non-hydrogen) atoms. The fourth-order valence-corrected chi connectivity index (χ4v) is 5.58. The number of hydrogen-bond acceptors (Lipinski definition) is 7. The van der Waals surface area contributed by atoms with E-state index in [4.69, 9.17) is 11.6 Å². The van der Waals surface area contributed by atoms with E-state index in [2.05, 4.69) is 27.5 Å². The lowest BCUT2D eigenvalue weighted by Gasteiger charge is -2.20. The minimum atomic E-state index is -1.12. The molecule has 3 aromatic heterocycles. The van der Waals surface area contributed by atoms with Gasteiger partial charge in [0.1, 0.15) is 23.9 Å². The van der Waals surface area contributed by atoms with Gasteiger partial charge in [-0.25, -0.2) is 9.97 Å². The van der Waals surface area contributed by atoms with Gasteiger partial charge in [-0.1, -0.05) is 18.5 Å². The Morgan fingerprint density at radius 3 is 2.81 bits per heavy atom. The van der Waals surface area contributed by atoms with Gasteiger partial charge in [0.05, 0.1) is 28.5 Å². The Kier molecular flexibility index (Phi) is 6.99. The molecule has 0 aliphatic heterocycles. The lowest BCUT2D eigenvalue weighted by atomic mass is 10.0. The molecule has 1 fully saturated rings. The van der Waals surface area contributed by atoms with Crippen molar-refractivity contribution in [2.75, 3.05) is 11.9 Å². The molecule has 4 rings (SSSR count). The van der Waals surface area contributed by atoms with Crippen LogP contribution in [0.3, 0.4) is 0 Å². The Labute approximate surface area is 195 Å². The number of carbonyl (C=O) groups excluding carboxylic acids is 1. The zero-order valence-corrected chi connectivity index (χ0v) is 19.6. The number of fused-ring (bicyclic) bond motifs is 1. The first kappa shape index (κ1) is 23.0. The number of nitrogens with zero attached hydrogens (tertiary/aromatic N) is 3. The van der Waals surface area contributed by atoms with Crippen molar-refractivity contribution < 1.29 is 15.0 Å². The third-order valence-corrected chi connectivity index (χ3v) is 7.57. The molecular weight excluding hydrogens is 450 g/mol. The van der Waals surface area contributed by atoms with Gasteiger partial charge < -0.3 is 25.4 Å². The Bertz CT molecular complexity index is 1090. The molecule has 0 bridgehead atoms. The molecule has 3 aromatic rings. The third kappa shape index (κ3) is 4.34. The molecule has 0 unspecified atom stereocenters. The molecule has 1 amide bonds. The van der Waals surface area contributed by atoms with Gasteiger partial charge in [-0.15, -0.1) is 11.3 Å². The average Bonchev–Trinajstić information content (AvgIpc) is 3.47. The highest BCUT2D eigenvalue weighted by Gasteiger charge is 2.46. The van der Waals surface area contributed by atoms with Gasteiger partial charge >= 0.3 is 0 Å². The molecule has 8 nitrogen and oxygen atoms in total. The second-order valence-corrected chi connectivity index (χ2v) is 9.52. The minimum absolute atomic E-state index is 0.147. The summed E-state index contributed by atoms with van der Waals surface area (Å²) in [6.45, 7) is 4.42. The van der Waals surface area contributed by atoms with Crippen molar-refractivity contribution in [2.24, 2.45) is 5.92 Å². The maximum Gasteiger partial charge on any atom is 0.225 e. The maximum absolute atomic E-state index is 12.3. The Morgan fingerprint density at radius 1 is 1.31 bits per heavy atom. The van der Waals surface area contributed by atoms with Gasteiger partial charge in [-0.2, -0.15) is 0 Å². The number of halogens is 1. The van der Waals surface area contributed by atoms with Crippen LogP contribution in [-0.2, 0) is 11.2 Å². The highest BCUT2D eigenvalue weighted by molar-refractivity contribution is 7.10. The maximum atomic E-state index is 12.3. The summed E-state index contributed by atoms with van der Waals surface area (Å²) in [5.41, 5.74) is 0.652. The van der Waals surface area contributed by atoms with Crippen molar-refractivity contribution in [3.63, 3.8) is 0 Å². The quantitative estimate of drug-likeness (QED) is 0.397. The molecule has 3 heterocycles. The molecule has 172 valence electrons. The monoisotopic (exact) mass is 477 g/mol. The van der Waals surface area contributed by atoms with Crippen LogP contribution in [0.4, 0.5) is 5.82 Å². The van der Waals surface area contributed by atoms with Crippen molar-refractivity contribution in [3.8, 4) is 0 Å². The second kappa shape index (κ2) is 9.74. The number of aromatic nitrogens is 3. The zero-order valence-electron chi connectivity index (χ0n) is 18.0. The highest BCUT2D eigenvalue weighted by atomic mass is 35.5. The topological polar surface area (TPSA) is 112 Å². The number of aliphatic hydroxyl groups excluding tert-OH is 2. The summed E-state index contributed by atoms with van der Waals surface area (Å²) >= 11 is 7.92. The van der Waals surface area contributed by atoms with Crippen molar-refractivity contribution in [1.29, 1.82) is 0 Å². The molecule has 5 atom stereocenters. The van der Waals surface area contributed by atoms with E-state index < -0.39 is 24.2 Å². The van der Waals surface area contributed by atoms with Crippen LogP contribution in [0.2, 0.25) is 5.02 Å². The summed E-state index contributed by atoms with van der Waals surface area (Å²) in [4.78, 5) is 22.3.